The summed E-state index contributed by atoms with van der Waals surface area (Å²) in [5, 5.41) is 0.0491. The van der Waals surface area contributed by atoms with E-state index in [9.17, 15) is 18.8 Å². The average Bonchev–Trinajstić information content (AvgIpc) is 3.21. The molecule has 5 rings (SSSR count). The van der Waals surface area contributed by atoms with Gasteiger partial charge in [0.1, 0.15) is 33.6 Å². The normalized spacial score (nSPS) is 24.3. The predicted octanol–water partition coefficient (Wildman–Crippen LogP) is 4.47. The number of Topliss-reactive ketones (excluding diaryl/α,β-unsaturated/α-hetero) is 2. The van der Waals surface area contributed by atoms with Gasteiger partial charge in [-0.2, -0.15) is 0 Å². The largest absolute Gasteiger partial charge is 0.496 e. The van der Waals surface area contributed by atoms with Gasteiger partial charge in [-0.3, -0.25) is 9.59 Å². The Morgan fingerprint density at radius 3 is 2.38 bits per heavy atom. The third-order valence-electron chi connectivity index (χ3n) is 7.21. The van der Waals surface area contributed by atoms with Crippen LogP contribution in [0.5, 0.6) is 17.2 Å². The Balaban J connectivity index is 1.69. The fourth-order valence-corrected chi connectivity index (χ4v) is 5.63. The molecule has 2 aromatic rings. The van der Waals surface area contributed by atoms with Gasteiger partial charge in [-0.1, -0.05) is 30.7 Å². The van der Waals surface area contributed by atoms with E-state index in [4.69, 9.17) is 30.5 Å². The van der Waals surface area contributed by atoms with Crippen LogP contribution in [0.4, 0.5) is 4.39 Å². The zero-order chi connectivity index (χ0) is 26.6. The number of methoxy groups -OCH3 is 3. The number of aliphatic imine (C=N–C) groups is 1. The summed E-state index contributed by atoms with van der Waals surface area (Å²) in [6.45, 7) is 1.71. The number of nitrogens with zero attached hydrogens (tertiary/aromatic N) is 1. The third kappa shape index (κ3) is 3.55. The van der Waals surface area contributed by atoms with Crippen molar-refractivity contribution < 1.29 is 37.7 Å². The van der Waals surface area contributed by atoms with Crippen LogP contribution in [0.2, 0.25) is 5.02 Å². The first kappa shape index (κ1) is 25.0. The molecule has 1 aliphatic carbocycles. The highest BCUT2D eigenvalue weighted by molar-refractivity contribution is 6.38. The van der Waals surface area contributed by atoms with E-state index in [-0.39, 0.29) is 52.0 Å². The quantitative estimate of drug-likeness (QED) is 0.427. The minimum absolute atomic E-state index is 0.0139. The molecule has 3 atom stereocenters. The van der Waals surface area contributed by atoms with Gasteiger partial charge in [0.25, 0.3) is 0 Å². The van der Waals surface area contributed by atoms with Crippen LogP contribution in [-0.4, -0.2) is 50.2 Å². The van der Waals surface area contributed by atoms with Gasteiger partial charge in [-0.05, 0) is 24.1 Å². The highest BCUT2D eigenvalue weighted by Crippen LogP contribution is 2.55. The number of rotatable bonds is 4. The van der Waals surface area contributed by atoms with Gasteiger partial charge in [-0.15, -0.1) is 0 Å². The van der Waals surface area contributed by atoms with Crippen molar-refractivity contribution in [3.63, 3.8) is 0 Å². The first-order valence-corrected chi connectivity index (χ1v) is 11.9. The molecule has 37 heavy (non-hydrogen) atoms. The molecule has 2 aromatic carbocycles. The monoisotopic (exact) mass is 527 g/mol. The predicted molar refractivity (Wildman–Crippen MR) is 131 cm³/mol. The Morgan fingerprint density at radius 2 is 1.76 bits per heavy atom. The van der Waals surface area contributed by atoms with Gasteiger partial charge in [0.15, 0.2) is 5.75 Å². The van der Waals surface area contributed by atoms with E-state index in [1.165, 1.54) is 39.5 Å². The number of halogens is 2. The summed E-state index contributed by atoms with van der Waals surface area (Å²) in [5.74, 6) is -3.16. The van der Waals surface area contributed by atoms with Gasteiger partial charge in [0.2, 0.25) is 17.2 Å². The van der Waals surface area contributed by atoms with Crippen LogP contribution in [0, 0.1) is 11.7 Å². The Morgan fingerprint density at radius 1 is 1.08 bits per heavy atom. The second-order valence-corrected chi connectivity index (χ2v) is 9.50. The van der Waals surface area contributed by atoms with E-state index >= 15 is 0 Å². The molecule has 3 aliphatic rings. The van der Waals surface area contributed by atoms with Crippen molar-refractivity contribution >= 4 is 34.8 Å². The van der Waals surface area contributed by atoms with Crippen molar-refractivity contribution in [3.05, 3.63) is 63.6 Å². The number of hydrogen-bond acceptors (Lipinski definition) is 8. The van der Waals surface area contributed by atoms with E-state index in [0.717, 1.165) is 0 Å². The van der Waals surface area contributed by atoms with Crippen molar-refractivity contribution in [1.29, 1.82) is 0 Å². The lowest BCUT2D eigenvalue weighted by molar-refractivity contribution is -0.133. The Kier molecular flexibility index (Phi) is 6.06. The lowest BCUT2D eigenvalue weighted by Gasteiger charge is -2.40. The third-order valence-corrected chi connectivity index (χ3v) is 7.57. The number of carbonyl (C=O) groups excluding carboxylic acids is 3. The summed E-state index contributed by atoms with van der Waals surface area (Å²) < 4.78 is 35.5. The first-order valence-electron chi connectivity index (χ1n) is 11.5. The maximum Gasteiger partial charge on any atom is 0.352 e. The van der Waals surface area contributed by atoms with Crippen LogP contribution < -0.4 is 14.2 Å². The molecule has 1 spiro atoms. The Bertz CT molecular complexity index is 1410. The van der Waals surface area contributed by atoms with E-state index in [1.807, 2.05) is 0 Å². The molecule has 10 heteroatoms. The van der Waals surface area contributed by atoms with Crippen LogP contribution in [0.1, 0.15) is 41.6 Å². The standard InChI is InChI=1S/C27H23ClFNO7/c1-12-9-16-20(15(10-17(30-16)26(33)36-4)13-5-7-14(29)8-6-13)24(31)27(12)25(32)21-18(34-2)11-19(35-3)22(28)23(21)37-27/h5-8,11-12,15H,9-10H2,1-4H3. The van der Waals surface area contributed by atoms with Gasteiger partial charge in [0, 0.05) is 35.6 Å². The molecule has 2 heterocycles. The van der Waals surface area contributed by atoms with Gasteiger partial charge in [-0.25, -0.2) is 14.2 Å². The summed E-state index contributed by atoms with van der Waals surface area (Å²) in [6, 6.07) is 7.10. The Hall–Kier alpha value is -3.72. The average molecular weight is 528 g/mol. The van der Waals surface area contributed by atoms with Crippen LogP contribution >= 0.6 is 11.6 Å². The van der Waals surface area contributed by atoms with E-state index < -0.39 is 40.8 Å². The molecular weight excluding hydrogens is 505 g/mol. The molecule has 0 N–H and O–H groups in total. The molecule has 0 saturated carbocycles. The summed E-state index contributed by atoms with van der Waals surface area (Å²) in [6.07, 6.45) is 0.197. The van der Waals surface area contributed by atoms with Crippen LogP contribution in [0.25, 0.3) is 0 Å². The van der Waals surface area contributed by atoms with Crippen molar-refractivity contribution in [1.82, 2.24) is 0 Å². The number of allylic oxidation sites excluding steroid dienone is 1. The highest BCUT2D eigenvalue weighted by Gasteiger charge is 2.63. The summed E-state index contributed by atoms with van der Waals surface area (Å²) >= 11 is 6.50. The number of ketones is 2. The van der Waals surface area contributed by atoms with Crippen LogP contribution in [0.3, 0.4) is 0 Å². The van der Waals surface area contributed by atoms with Crippen molar-refractivity contribution in [2.24, 2.45) is 10.9 Å². The molecule has 0 amide bonds. The number of ether oxygens (including phenoxy) is 4. The zero-order valence-electron chi connectivity index (χ0n) is 20.5. The smallest absolute Gasteiger partial charge is 0.352 e. The fraction of sp³-hybridized carbons (Fsp3) is 0.333. The number of benzene rings is 2. The molecule has 0 fully saturated rings. The Labute approximate surface area is 217 Å². The molecular formula is C27H23ClFNO7. The molecule has 0 aromatic heterocycles. The molecule has 2 aliphatic heterocycles. The van der Waals surface area contributed by atoms with Crippen LogP contribution in [-0.2, 0) is 14.3 Å². The van der Waals surface area contributed by atoms with E-state index in [0.29, 0.717) is 11.3 Å². The molecule has 3 unspecified atom stereocenters. The molecule has 0 saturated heterocycles. The van der Waals surface area contributed by atoms with Gasteiger partial charge in [0.05, 0.1) is 21.3 Å². The minimum Gasteiger partial charge on any atom is -0.496 e. The van der Waals surface area contributed by atoms with Crippen molar-refractivity contribution in [2.45, 2.75) is 31.3 Å². The van der Waals surface area contributed by atoms with Gasteiger partial charge < -0.3 is 18.9 Å². The van der Waals surface area contributed by atoms with Crippen LogP contribution in [0.15, 0.2) is 46.6 Å². The van der Waals surface area contributed by atoms with E-state index in [2.05, 4.69) is 4.99 Å². The minimum atomic E-state index is -1.92. The summed E-state index contributed by atoms with van der Waals surface area (Å²) in [4.78, 5) is 45.2. The lowest BCUT2D eigenvalue weighted by Crippen LogP contribution is -2.57. The second-order valence-electron chi connectivity index (χ2n) is 9.12. The summed E-state index contributed by atoms with van der Waals surface area (Å²) in [5.41, 5.74) is -0.523. The van der Waals surface area contributed by atoms with Gasteiger partial charge >= 0.3 is 5.97 Å². The number of fused-ring (bicyclic) bond motifs is 1. The lowest BCUT2D eigenvalue weighted by atomic mass is 9.66. The maximum absolute atomic E-state index is 14.4. The number of hydrogen-bond donors (Lipinski definition) is 0. The number of carbonyl (C=O) groups is 3. The second kappa shape index (κ2) is 8.99. The maximum atomic E-state index is 14.4. The van der Waals surface area contributed by atoms with E-state index in [1.54, 1.807) is 19.1 Å². The van der Waals surface area contributed by atoms with Crippen molar-refractivity contribution in [3.8, 4) is 17.2 Å². The SMILES string of the molecule is COC(=O)C1=NC2=C(C(=O)C3(Oc4c(Cl)c(OC)cc(OC)c4C3=O)C(C)C2)C(c2ccc(F)cc2)C1. The molecule has 0 bridgehead atoms. The fourth-order valence-electron chi connectivity index (χ4n) is 5.37. The zero-order valence-corrected chi connectivity index (χ0v) is 21.3. The first-order chi connectivity index (χ1) is 17.7. The number of esters is 1. The highest BCUT2D eigenvalue weighted by atomic mass is 35.5. The van der Waals surface area contributed by atoms with Crippen molar-refractivity contribution in [2.75, 3.05) is 21.3 Å². The molecule has 0 radical (unpaired) electrons. The molecule has 8 nitrogen and oxygen atoms in total. The topological polar surface area (TPSA) is 100 Å². The summed E-state index contributed by atoms with van der Waals surface area (Å²) in [7, 11) is 4.05. The molecule has 192 valence electrons.